The lowest BCUT2D eigenvalue weighted by Gasteiger charge is -2.27. The van der Waals surface area contributed by atoms with E-state index in [1.54, 1.807) is 36.8 Å². The minimum absolute atomic E-state index is 0. The van der Waals surface area contributed by atoms with Crippen molar-refractivity contribution in [2.75, 3.05) is 11.4 Å². The number of carbonyl (C=O) groups excluding carboxylic acids is 1. The molecule has 0 spiro atoms. The number of halogens is 1. The van der Waals surface area contributed by atoms with Crippen LogP contribution < -0.4 is 10.5 Å². The number of anilines is 1. The Hall–Kier alpha value is -3.70. The molecular weight excluding hydrogens is 488 g/mol. The molecule has 10 nitrogen and oxygen atoms in total. The molecule has 1 N–H and O–H groups in total. The van der Waals surface area contributed by atoms with E-state index in [0.717, 1.165) is 12.8 Å². The Labute approximate surface area is 211 Å². The van der Waals surface area contributed by atoms with Gasteiger partial charge in [-0.25, -0.2) is 24.0 Å². The molecule has 0 saturated carbocycles. The molecule has 0 bridgehead atoms. The molecule has 0 aromatic carbocycles. The number of aromatic nitrogens is 7. The Morgan fingerprint density at radius 1 is 1.20 bits per heavy atom. The number of nitrogens with zero attached hydrogens (tertiary/aromatic N) is 7. The van der Waals surface area contributed by atoms with Crippen molar-refractivity contribution in [3.8, 4) is 5.82 Å². The third-order valence-electron chi connectivity index (χ3n) is 6.19. The van der Waals surface area contributed by atoms with Crippen molar-refractivity contribution < 1.29 is 4.79 Å². The number of rotatable bonds is 4. The van der Waals surface area contributed by atoms with Crippen molar-refractivity contribution in [3.63, 3.8) is 0 Å². The maximum atomic E-state index is 13.6. The number of hydrogen-bond acceptors (Lipinski definition) is 7. The molecule has 1 aliphatic rings. The molecule has 1 saturated heterocycles. The number of hydrogen-bond donors (Lipinski definition) is 1. The highest BCUT2D eigenvalue weighted by Gasteiger charge is 2.34. The molecule has 0 radical (unpaired) electrons. The van der Waals surface area contributed by atoms with Gasteiger partial charge in [-0.3, -0.25) is 9.59 Å². The van der Waals surface area contributed by atoms with Gasteiger partial charge >= 0.3 is 0 Å². The summed E-state index contributed by atoms with van der Waals surface area (Å²) in [6, 6.07) is 6.74. The fraction of sp³-hybridized carbons (Fsp3) is 0.217. The molecule has 5 aromatic rings. The van der Waals surface area contributed by atoms with E-state index >= 15 is 0 Å². The summed E-state index contributed by atoms with van der Waals surface area (Å²) >= 11 is 6.32. The number of aromatic amines is 1. The van der Waals surface area contributed by atoms with E-state index in [0.29, 0.717) is 45.6 Å². The van der Waals surface area contributed by atoms with Gasteiger partial charge in [0, 0.05) is 30.7 Å². The van der Waals surface area contributed by atoms with Gasteiger partial charge in [-0.05, 0) is 38.0 Å². The van der Waals surface area contributed by atoms with Crippen LogP contribution in [0.4, 0.5) is 5.82 Å². The van der Waals surface area contributed by atoms with Gasteiger partial charge in [-0.15, -0.1) is 0 Å². The van der Waals surface area contributed by atoms with Crippen molar-refractivity contribution in [2.45, 2.75) is 25.8 Å². The van der Waals surface area contributed by atoms with Crippen LogP contribution in [-0.2, 0) is 0 Å². The third kappa shape index (κ3) is 3.58. The van der Waals surface area contributed by atoms with Gasteiger partial charge in [0.15, 0.2) is 11.6 Å². The fourth-order valence-corrected chi connectivity index (χ4v) is 4.92. The first kappa shape index (κ1) is 23.1. The molecule has 6 rings (SSSR count). The number of carbonyl (C=O) groups is 1. The van der Waals surface area contributed by atoms with Crippen LogP contribution in [0.2, 0.25) is 5.02 Å². The summed E-state index contributed by atoms with van der Waals surface area (Å²) < 4.78 is 3.04. The van der Waals surface area contributed by atoms with Gasteiger partial charge in [-0.1, -0.05) is 17.7 Å². The van der Waals surface area contributed by atoms with Gasteiger partial charge in [0.25, 0.3) is 5.56 Å². The van der Waals surface area contributed by atoms with Crippen molar-refractivity contribution in [3.05, 3.63) is 75.9 Å². The Kier molecular flexibility index (Phi) is 5.81. The molecule has 178 valence electrons. The van der Waals surface area contributed by atoms with E-state index < -0.39 is 0 Å². The quantitative estimate of drug-likeness (QED) is 0.370. The van der Waals surface area contributed by atoms with Crippen LogP contribution in [0.25, 0.3) is 22.4 Å². The first-order valence-electron chi connectivity index (χ1n) is 10.9. The van der Waals surface area contributed by atoms with Gasteiger partial charge in [0.05, 0.1) is 16.5 Å². The number of ketones is 1. The zero-order chi connectivity index (χ0) is 23.4. The summed E-state index contributed by atoms with van der Waals surface area (Å²) in [4.78, 5) is 44.3. The van der Waals surface area contributed by atoms with Gasteiger partial charge in [0.2, 0.25) is 0 Å². The summed E-state index contributed by atoms with van der Waals surface area (Å²) in [7, 11) is 0. The van der Waals surface area contributed by atoms with Crippen LogP contribution in [0.5, 0.6) is 0 Å². The number of nitrogens with one attached hydrogen (secondary N) is 1. The average Bonchev–Trinajstić information content (AvgIpc) is 3.57. The Balaban J connectivity index is 0.00000253. The SMILES string of the molecule is CC(=O)c1c[nH]c2ncnc(N3CCC[C@H]3c3nn4ccc(Cl)c4c(=O)n3-c3ccccn3)c12.S. The summed E-state index contributed by atoms with van der Waals surface area (Å²) in [5.74, 6) is 1.53. The smallest absolute Gasteiger partial charge is 0.285 e. The summed E-state index contributed by atoms with van der Waals surface area (Å²) in [5, 5.41) is 5.80. The predicted molar refractivity (Wildman–Crippen MR) is 137 cm³/mol. The molecule has 35 heavy (non-hydrogen) atoms. The molecule has 5 aromatic heterocycles. The van der Waals surface area contributed by atoms with Crippen LogP contribution in [0, 0.1) is 0 Å². The Morgan fingerprint density at radius 3 is 2.83 bits per heavy atom. The lowest BCUT2D eigenvalue weighted by molar-refractivity contribution is 0.101. The molecule has 0 amide bonds. The van der Waals surface area contributed by atoms with E-state index in [4.69, 9.17) is 16.7 Å². The van der Waals surface area contributed by atoms with E-state index in [1.165, 1.54) is 22.3 Å². The van der Waals surface area contributed by atoms with E-state index in [9.17, 15) is 9.59 Å². The first-order valence-corrected chi connectivity index (χ1v) is 11.2. The molecule has 0 unspecified atom stereocenters. The minimum atomic E-state index is -0.301. The van der Waals surface area contributed by atoms with Crippen LogP contribution >= 0.6 is 25.1 Å². The molecule has 0 aliphatic carbocycles. The van der Waals surface area contributed by atoms with E-state index in [-0.39, 0.29) is 36.4 Å². The summed E-state index contributed by atoms with van der Waals surface area (Å²) in [5.41, 5.74) is 1.10. The number of fused-ring (bicyclic) bond motifs is 2. The number of pyridine rings is 1. The Morgan fingerprint density at radius 2 is 2.06 bits per heavy atom. The van der Waals surface area contributed by atoms with E-state index in [1.807, 2.05) is 6.07 Å². The fourth-order valence-electron chi connectivity index (χ4n) is 4.70. The topological polar surface area (TPSA) is 114 Å². The number of Topliss-reactive ketones (excluding diaryl/α,β-unsaturated/α-hetero) is 1. The largest absolute Gasteiger partial charge is 0.346 e. The molecule has 6 heterocycles. The van der Waals surface area contributed by atoms with Crippen LogP contribution in [0.15, 0.2) is 54.0 Å². The van der Waals surface area contributed by atoms with Crippen LogP contribution in [-0.4, -0.2) is 46.4 Å². The maximum Gasteiger partial charge on any atom is 0.285 e. The second-order valence-electron chi connectivity index (χ2n) is 8.17. The Bertz CT molecular complexity index is 1630. The van der Waals surface area contributed by atoms with Gasteiger partial charge in [0.1, 0.15) is 29.1 Å². The molecule has 1 atom stereocenters. The lowest BCUT2D eigenvalue weighted by atomic mass is 10.1. The van der Waals surface area contributed by atoms with Gasteiger partial charge < -0.3 is 9.88 Å². The summed E-state index contributed by atoms with van der Waals surface area (Å²) in [6.45, 7) is 2.20. The zero-order valence-corrected chi connectivity index (χ0v) is 20.4. The summed E-state index contributed by atoms with van der Waals surface area (Å²) in [6.07, 6.45) is 8.04. The van der Waals surface area contributed by atoms with Crippen LogP contribution in [0.1, 0.15) is 42.0 Å². The van der Waals surface area contributed by atoms with Crippen molar-refractivity contribution in [1.82, 2.24) is 34.1 Å². The van der Waals surface area contributed by atoms with Crippen molar-refractivity contribution in [1.29, 1.82) is 0 Å². The zero-order valence-electron chi connectivity index (χ0n) is 18.6. The molecule has 12 heteroatoms. The first-order chi connectivity index (χ1) is 16.5. The van der Waals surface area contributed by atoms with Crippen molar-refractivity contribution >= 4 is 53.2 Å². The maximum absolute atomic E-state index is 13.6. The normalized spacial score (nSPS) is 15.6. The minimum Gasteiger partial charge on any atom is -0.346 e. The predicted octanol–water partition coefficient (Wildman–Crippen LogP) is 3.46. The number of H-pyrrole nitrogens is 1. The van der Waals surface area contributed by atoms with E-state index in [2.05, 4.69) is 24.8 Å². The highest BCUT2D eigenvalue weighted by atomic mass is 35.5. The monoisotopic (exact) mass is 508 g/mol. The highest BCUT2D eigenvalue weighted by Crippen LogP contribution is 2.38. The van der Waals surface area contributed by atoms with Crippen LogP contribution in [0.3, 0.4) is 0 Å². The molecular formula is C23H21ClN8O2S. The second-order valence-corrected chi connectivity index (χ2v) is 8.58. The van der Waals surface area contributed by atoms with Gasteiger partial charge in [-0.2, -0.15) is 18.6 Å². The average molecular weight is 509 g/mol. The molecule has 1 fully saturated rings. The highest BCUT2D eigenvalue weighted by molar-refractivity contribution is 7.59. The van der Waals surface area contributed by atoms with Crippen molar-refractivity contribution in [2.24, 2.45) is 0 Å². The second kappa shape index (κ2) is 8.82. The standard InChI is InChI=1S/C23H19ClN8O2.H2S/c1-13(33)14-11-26-20-18(14)22(28-12-27-20)30-9-4-5-16(30)21-29-31-10-7-15(24)19(31)23(34)32(21)17-6-2-3-8-25-17;/h2-3,6-8,10-12,16H,4-5,9H2,1H3,(H,26,27,28);1H2/t16-;/m0./s1. The lowest BCUT2D eigenvalue weighted by Crippen LogP contribution is -2.33. The molecule has 1 aliphatic heterocycles. The third-order valence-corrected chi connectivity index (χ3v) is 6.50.